The van der Waals surface area contributed by atoms with E-state index in [9.17, 15) is 4.79 Å². The standard InChI is InChI=1S/C17H15N5OS3/c1-10-18-12-5-4-11(9-14(12)26-10)19-15(23)6-7-22-16(20-21-17(22)24)13-3-2-8-25-13/h2-5,8-9H,6-7H2,1H3,(H,19,23)(H,21,24). The lowest BCUT2D eigenvalue weighted by atomic mass is 10.3. The van der Waals surface area contributed by atoms with Crippen LogP contribution >= 0.6 is 34.9 Å². The number of hydrogen-bond donors (Lipinski definition) is 2. The Morgan fingerprint density at radius 1 is 1.38 bits per heavy atom. The summed E-state index contributed by atoms with van der Waals surface area (Å²) < 4.78 is 3.44. The third-order valence-corrected chi connectivity index (χ3v) is 5.95. The van der Waals surface area contributed by atoms with Gasteiger partial charge in [0.25, 0.3) is 0 Å². The van der Waals surface area contributed by atoms with Gasteiger partial charge in [0, 0.05) is 18.7 Å². The van der Waals surface area contributed by atoms with Gasteiger partial charge in [-0.2, -0.15) is 5.10 Å². The van der Waals surface area contributed by atoms with E-state index >= 15 is 0 Å². The maximum absolute atomic E-state index is 12.4. The van der Waals surface area contributed by atoms with E-state index < -0.39 is 0 Å². The summed E-state index contributed by atoms with van der Waals surface area (Å²) in [7, 11) is 0. The van der Waals surface area contributed by atoms with Crippen LogP contribution in [0.3, 0.4) is 0 Å². The molecule has 6 nitrogen and oxygen atoms in total. The van der Waals surface area contributed by atoms with Gasteiger partial charge in [0.15, 0.2) is 10.6 Å². The Morgan fingerprint density at radius 2 is 2.27 bits per heavy atom. The number of amides is 1. The quantitative estimate of drug-likeness (QED) is 0.479. The zero-order valence-electron chi connectivity index (χ0n) is 13.9. The number of carbonyl (C=O) groups is 1. The molecule has 3 heterocycles. The first-order chi connectivity index (χ1) is 12.6. The molecule has 2 N–H and O–H groups in total. The largest absolute Gasteiger partial charge is 0.326 e. The van der Waals surface area contributed by atoms with Gasteiger partial charge in [-0.1, -0.05) is 6.07 Å². The molecule has 3 aromatic heterocycles. The Hall–Kier alpha value is -2.36. The summed E-state index contributed by atoms with van der Waals surface area (Å²) in [5.74, 6) is 0.699. The van der Waals surface area contributed by atoms with Gasteiger partial charge in [0.2, 0.25) is 5.91 Å². The van der Waals surface area contributed by atoms with Crippen molar-refractivity contribution >= 4 is 56.7 Å². The fraction of sp³-hybridized carbons (Fsp3) is 0.176. The third kappa shape index (κ3) is 3.46. The fourth-order valence-corrected chi connectivity index (χ4v) is 4.49. The highest BCUT2D eigenvalue weighted by Crippen LogP contribution is 2.25. The molecule has 0 spiro atoms. The van der Waals surface area contributed by atoms with Crippen molar-refractivity contribution in [2.45, 2.75) is 19.9 Å². The molecule has 0 unspecified atom stereocenters. The number of nitrogens with one attached hydrogen (secondary N) is 2. The van der Waals surface area contributed by atoms with Crippen LogP contribution in [-0.4, -0.2) is 25.7 Å². The topological polar surface area (TPSA) is 75.6 Å². The summed E-state index contributed by atoms with van der Waals surface area (Å²) in [5.41, 5.74) is 1.73. The molecule has 26 heavy (non-hydrogen) atoms. The second-order valence-electron chi connectivity index (χ2n) is 5.69. The number of fused-ring (bicyclic) bond motifs is 1. The summed E-state index contributed by atoms with van der Waals surface area (Å²) in [6, 6.07) is 9.71. The molecule has 1 amide bonds. The van der Waals surface area contributed by atoms with Crippen LogP contribution < -0.4 is 5.32 Å². The molecule has 132 valence electrons. The minimum absolute atomic E-state index is 0.0641. The van der Waals surface area contributed by atoms with Gasteiger partial charge >= 0.3 is 0 Å². The molecule has 0 fully saturated rings. The van der Waals surface area contributed by atoms with Gasteiger partial charge in [-0.15, -0.1) is 22.7 Å². The monoisotopic (exact) mass is 401 g/mol. The number of H-pyrrole nitrogens is 1. The average Bonchev–Trinajstić information content (AvgIpc) is 3.32. The molecular formula is C17H15N5OS3. The Kier molecular flexibility index (Phi) is 4.66. The molecule has 4 aromatic rings. The molecule has 0 aliphatic rings. The van der Waals surface area contributed by atoms with Gasteiger partial charge in [0.05, 0.1) is 20.1 Å². The molecule has 0 saturated carbocycles. The number of thiazole rings is 1. The van der Waals surface area contributed by atoms with Crippen LogP contribution in [0, 0.1) is 11.7 Å². The number of rotatable bonds is 5. The fourth-order valence-electron chi connectivity index (χ4n) is 2.67. The van der Waals surface area contributed by atoms with Crippen LogP contribution in [0.15, 0.2) is 35.7 Å². The van der Waals surface area contributed by atoms with Crippen LogP contribution in [0.5, 0.6) is 0 Å². The van der Waals surface area contributed by atoms with E-state index in [0.29, 0.717) is 17.7 Å². The third-order valence-electron chi connectivity index (χ3n) is 3.84. The van der Waals surface area contributed by atoms with E-state index in [2.05, 4.69) is 20.5 Å². The van der Waals surface area contributed by atoms with E-state index in [4.69, 9.17) is 12.2 Å². The summed E-state index contributed by atoms with van der Waals surface area (Å²) >= 11 is 8.50. The number of carbonyl (C=O) groups excluding carboxylic acids is 1. The Balaban J connectivity index is 1.45. The first-order valence-corrected chi connectivity index (χ1v) is 10.1. The summed E-state index contributed by atoms with van der Waals surface area (Å²) in [5, 5.41) is 13.0. The van der Waals surface area contributed by atoms with Crippen LogP contribution in [-0.2, 0) is 11.3 Å². The van der Waals surface area contributed by atoms with Crippen molar-refractivity contribution in [3.05, 3.63) is 45.5 Å². The number of hydrogen-bond acceptors (Lipinski definition) is 6. The van der Waals surface area contributed by atoms with Crippen molar-refractivity contribution in [1.82, 2.24) is 19.7 Å². The maximum Gasteiger partial charge on any atom is 0.226 e. The summed E-state index contributed by atoms with van der Waals surface area (Å²) in [6.45, 7) is 2.44. The Morgan fingerprint density at radius 3 is 3.08 bits per heavy atom. The van der Waals surface area contributed by atoms with Gasteiger partial charge in [-0.05, 0) is 48.8 Å². The number of thiophene rings is 1. The first-order valence-electron chi connectivity index (χ1n) is 7.96. The lowest BCUT2D eigenvalue weighted by molar-refractivity contribution is -0.116. The van der Waals surface area contributed by atoms with E-state index in [1.165, 1.54) is 0 Å². The van der Waals surface area contributed by atoms with Gasteiger partial charge in [0.1, 0.15) is 0 Å². The highest BCUT2D eigenvalue weighted by molar-refractivity contribution is 7.71. The minimum atomic E-state index is -0.0641. The Bertz CT molecular complexity index is 1120. The molecule has 0 saturated heterocycles. The molecule has 0 bridgehead atoms. The van der Waals surface area contributed by atoms with Crippen molar-refractivity contribution in [3.63, 3.8) is 0 Å². The predicted molar refractivity (Wildman–Crippen MR) is 108 cm³/mol. The Labute approximate surface area is 162 Å². The number of aryl methyl sites for hydroxylation is 1. The van der Waals surface area contributed by atoms with Crippen molar-refractivity contribution < 1.29 is 4.79 Å². The zero-order valence-corrected chi connectivity index (χ0v) is 16.3. The van der Waals surface area contributed by atoms with E-state index in [0.717, 1.165) is 31.6 Å². The van der Waals surface area contributed by atoms with Gasteiger partial charge in [-0.3, -0.25) is 14.5 Å². The smallest absolute Gasteiger partial charge is 0.226 e. The molecular weight excluding hydrogens is 386 g/mol. The van der Waals surface area contributed by atoms with Crippen molar-refractivity contribution in [2.75, 3.05) is 5.32 Å². The van der Waals surface area contributed by atoms with Gasteiger partial charge < -0.3 is 5.32 Å². The molecule has 4 rings (SSSR count). The number of aromatic nitrogens is 4. The normalized spacial score (nSPS) is 11.1. The van der Waals surface area contributed by atoms with E-state index in [-0.39, 0.29) is 5.91 Å². The van der Waals surface area contributed by atoms with E-state index in [1.807, 2.05) is 47.2 Å². The van der Waals surface area contributed by atoms with E-state index in [1.54, 1.807) is 22.7 Å². The second-order valence-corrected chi connectivity index (χ2v) is 8.26. The lowest BCUT2D eigenvalue weighted by Crippen LogP contribution is -2.15. The highest BCUT2D eigenvalue weighted by Gasteiger charge is 2.12. The molecule has 0 aliphatic heterocycles. The molecule has 0 radical (unpaired) electrons. The highest BCUT2D eigenvalue weighted by atomic mass is 32.1. The van der Waals surface area contributed by atoms with Crippen LogP contribution in [0.1, 0.15) is 11.4 Å². The van der Waals surface area contributed by atoms with Crippen molar-refractivity contribution in [3.8, 4) is 10.7 Å². The number of benzene rings is 1. The lowest BCUT2D eigenvalue weighted by Gasteiger charge is -2.07. The van der Waals surface area contributed by atoms with Crippen LogP contribution in [0.2, 0.25) is 0 Å². The number of aromatic amines is 1. The number of nitrogens with zero attached hydrogens (tertiary/aromatic N) is 3. The SMILES string of the molecule is Cc1nc2ccc(NC(=O)CCn3c(-c4cccs4)n[nH]c3=S)cc2s1. The zero-order chi connectivity index (χ0) is 18.1. The average molecular weight is 402 g/mol. The van der Waals surface area contributed by atoms with Crippen molar-refractivity contribution in [2.24, 2.45) is 0 Å². The maximum atomic E-state index is 12.4. The second kappa shape index (κ2) is 7.10. The van der Waals surface area contributed by atoms with Crippen LogP contribution in [0.25, 0.3) is 20.9 Å². The first kappa shape index (κ1) is 17.1. The molecule has 0 aliphatic carbocycles. The van der Waals surface area contributed by atoms with Crippen LogP contribution in [0.4, 0.5) is 5.69 Å². The minimum Gasteiger partial charge on any atom is -0.326 e. The number of anilines is 1. The molecule has 1 aromatic carbocycles. The molecule has 9 heteroatoms. The van der Waals surface area contributed by atoms with Gasteiger partial charge in [-0.25, -0.2) is 4.98 Å². The van der Waals surface area contributed by atoms with Crippen molar-refractivity contribution in [1.29, 1.82) is 0 Å². The summed E-state index contributed by atoms with van der Waals surface area (Å²) in [6.07, 6.45) is 0.311. The predicted octanol–water partition coefficient (Wildman–Crippen LogP) is 4.62. The molecule has 0 atom stereocenters. The summed E-state index contributed by atoms with van der Waals surface area (Å²) in [4.78, 5) is 17.8.